The Labute approximate surface area is 116 Å². The number of nitrogen functional groups attached to an aromatic ring is 1. The fraction of sp³-hybridized carbons (Fsp3) is 0.364. The lowest BCUT2D eigenvalue weighted by atomic mass is 10.3. The molecule has 1 aromatic rings. The zero-order chi connectivity index (χ0) is 14.0. The number of amides is 2. The van der Waals surface area contributed by atoms with Gasteiger partial charge >= 0.3 is 6.03 Å². The third-order valence-electron chi connectivity index (χ3n) is 2.91. The van der Waals surface area contributed by atoms with Crippen LogP contribution in [0.3, 0.4) is 0 Å². The van der Waals surface area contributed by atoms with Crippen molar-refractivity contribution in [1.29, 1.82) is 0 Å². The largest absolute Gasteiger partial charge is 0.398 e. The van der Waals surface area contributed by atoms with E-state index in [0.717, 1.165) is 0 Å². The van der Waals surface area contributed by atoms with E-state index in [1.54, 1.807) is 0 Å². The van der Waals surface area contributed by atoms with Crippen LogP contribution in [0.2, 0.25) is 5.02 Å². The van der Waals surface area contributed by atoms with Crippen molar-refractivity contribution in [2.45, 2.75) is 4.90 Å². The number of carbonyl (C=O) groups excluding carboxylic acids is 1. The van der Waals surface area contributed by atoms with Gasteiger partial charge in [-0.2, -0.15) is 0 Å². The highest BCUT2D eigenvalue weighted by molar-refractivity contribution is 7.91. The van der Waals surface area contributed by atoms with Crippen molar-refractivity contribution in [3.63, 3.8) is 0 Å². The van der Waals surface area contributed by atoms with E-state index >= 15 is 0 Å². The maximum Gasteiger partial charge on any atom is 0.317 e. The molecule has 1 aliphatic heterocycles. The molecule has 2 amide bonds. The molecule has 6 nitrogen and oxygen atoms in total. The lowest BCUT2D eigenvalue weighted by Crippen LogP contribution is -2.32. The Morgan fingerprint density at radius 1 is 1.42 bits per heavy atom. The molecule has 0 radical (unpaired) electrons. The van der Waals surface area contributed by atoms with Gasteiger partial charge in [-0.1, -0.05) is 11.6 Å². The quantitative estimate of drug-likeness (QED) is 0.802. The minimum Gasteiger partial charge on any atom is -0.398 e. The SMILES string of the molecule is Nc1ccc(S(=O)(=O)CCN2CCNC2=O)cc1Cl. The smallest absolute Gasteiger partial charge is 0.317 e. The lowest BCUT2D eigenvalue weighted by Gasteiger charge is -2.14. The van der Waals surface area contributed by atoms with Crippen LogP contribution in [0.1, 0.15) is 0 Å². The highest BCUT2D eigenvalue weighted by atomic mass is 35.5. The number of hydrogen-bond acceptors (Lipinski definition) is 4. The van der Waals surface area contributed by atoms with Gasteiger partial charge in [0.25, 0.3) is 0 Å². The number of rotatable bonds is 4. The van der Waals surface area contributed by atoms with Crippen molar-refractivity contribution < 1.29 is 13.2 Å². The van der Waals surface area contributed by atoms with Crippen molar-refractivity contribution in [1.82, 2.24) is 10.2 Å². The standard InChI is InChI=1S/C11H14ClN3O3S/c12-9-7-8(1-2-10(9)13)19(17,18)6-5-15-4-3-14-11(15)16/h1-2,7H,3-6,13H2,(H,14,16). The van der Waals surface area contributed by atoms with Crippen LogP contribution in [-0.4, -0.2) is 44.7 Å². The number of nitrogens with one attached hydrogen (secondary N) is 1. The molecule has 1 heterocycles. The molecular formula is C11H14ClN3O3S. The van der Waals surface area contributed by atoms with E-state index in [1.165, 1.54) is 23.1 Å². The van der Waals surface area contributed by atoms with Crippen LogP contribution < -0.4 is 11.1 Å². The lowest BCUT2D eigenvalue weighted by molar-refractivity contribution is 0.220. The number of nitrogens with two attached hydrogens (primary N) is 1. The zero-order valence-corrected chi connectivity index (χ0v) is 11.7. The van der Waals surface area contributed by atoms with E-state index in [2.05, 4.69) is 5.32 Å². The Hall–Kier alpha value is -1.47. The molecule has 1 fully saturated rings. The first-order chi connectivity index (χ1) is 8.90. The Morgan fingerprint density at radius 2 is 2.16 bits per heavy atom. The van der Waals surface area contributed by atoms with Gasteiger partial charge in [0, 0.05) is 19.6 Å². The van der Waals surface area contributed by atoms with Crippen LogP contribution in [0, 0.1) is 0 Å². The summed E-state index contributed by atoms with van der Waals surface area (Å²) in [4.78, 5) is 12.9. The second kappa shape index (κ2) is 5.26. The zero-order valence-electron chi connectivity index (χ0n) is 10.1. The van der Waals surface area contributed by atoms with Gasteiger partial charge in [-0.3, -0.25) is 0 Å². The Kier molecular flexibility index (Phi) is 3.86. The number of hydrogen-bond donors (Lipinski definition) is 2. The van der Waals surface area contributed by atoms with Gasteiger partial charge in [0.2, 0.25) is 0 Å². The van der Waals surface area contributed by atoms with E-state index in [-0.39, 0.29) is 28.2 Å². The van der Waals surface area contributed by atoms with Crippen LogP contribution in [0.4, 0.5) is 10.5 Å². The molecule has 0 atom stereocenters. The number of carbonyl (C=O) groups is 1. The molecule has 19 heavy (non-hydrogen) atoms. The van der Waals surface area contributed by atoms with Gasteiger partial charge in [0.05, 0.1) is 21.4 Å². The molecule has 0 aromatic heterocycles. The maximum atomic E-state index is 12.1. The highest BCUT2D eigenvalue weighted by Gasteiger charge is 2.23. The molecule has 3 N–H and O–H groups in total. The van der Waals surface area contributed by atoms with Crippen LogP contribution in [0.25, 0.3) is 0 Å². The fourth-order valence-corrected chi connectivity index (χ4v) is 3.29. The molecule has 0 bridgehead atoms. The molecule has 0 aliphatic carbocycles. The van der Waals surface area contributed by atoms with Crippen molar-refractivity contribution in [2.24, 2.45) is 0 Å². The fourth-order valence-electron chi connectivity index (χ4n) is 1.77. The van der Waals surface area contributed by atoms with Gasteiger partial charge in [-0.05, 0) is 18.2 Å². The van der Waals surface area contributed by atoms with E-state index in [4.69, 9.17) is 17.3 Å². The molecule has 104 valence electrons. The first-order valence-corrected chi connectivity index (χ1v) is 7.74. The summed E-state index contributed by atoms with van der Waals surface area (Å²) in [6, 6.07) is 3.97. The Bertz CT molecular complexity index is 603. The average Bonchev–Trinajstić information content (AvgIpc) is 2.76. The summed E-state index contributed by atoms with van der Waals surface area (Å²) in [5.74, 6) is -0.138. The normalized spacial score (nSPS) is 15.6. The van der Waals surface area contributed by atoms with Gasteiger partial charge < -0.3 is 16.0 Å². The highest BCUT2D eigenvalue weighted by Crippen LogP contribution is 2.23. The van der Waals surface area contributed by atoms with Crippen molar-refractivity contribution in [3.05, 3.63) is 23.2 Å². The first-order valence-electron chi connectivity index (χ1n) is 5.71. The molecule has 0 saturated carbocycles. The predicted octanol–water partition coefficient (Wildman–Crippen LogP) is 0.721. The second-order valence-electron chi connectivity index (χ2n) is 4.22. The van der Waals surface area contributed by atoms with Crippen LogP contribution in [0.5, 0.6) is 0 Å². The van der Waals surface area contributed by atoms with Gasteiger partial charge in [0.15, 0.2) is 9.84 Å². The van der Waals surface area contributed by atoms with E-state index < -0.39 is 9.84 Å². The maximum absolute atomic E-state index is 12.1. The summed E-state index contributed by atoms with van der Waals surface area (Å²) in [7, 11) is -3.47. The molecule has 0 spiro atoms. The molecule has 1 saturated heterocycles. The Morgan fingerprint density at radius 3 is 2.74 bits per heavy atom. The number of sulfone groups is 1. The number of benzene rings is 1. The first kappa shape index (κ1) is 14.0. The van der Waals surface area contributed by atoms with E-state index in [1.807, 2.05) is 0 Å². The third kappa shape index (κ3) is 3.10. The molecule has 1 aromatic carbocycles. The summed E-state index contributed by atoms with van der Waals surface area (Å²) in [6.45, 7) is 1.24. The summed E-state index contributed by atoms with van der Waals surface area (Å²) >= 11 is 5.81. The Balaban J connectivity index is 2.09. The minimum atomic E-state index is -3.47. The average molecular weight is 304 g/mol. The third-order valence-corrected chi connectivity index (χ3v) is 4.93. The second-order valence-corrected chi connectivity index (χ2v) is 6.74. The van der Waals surface area contributed by atoms with E-state index in [9.17, 15) is 13.2 Å². The minimum absolute atomic E-state index is 0.117. The van der Waals surface area contributed by atoms with Crippen LogP contribution in [-0.2, 0) is 9.84 Å². The molecule has 0 unspecified atom stereocenters. The molecular weight excluding hydrogens is 290 g/mol. The van der Waals surface area contributed by atoms with Crippen LogP contribution >= 0.6 is 11.6 Å². The monoisotopic (exact) mass is 303 g/mol. The van der Waals surface area contributed by atoms with Gasteiger partial charge in [-0.15, -0.1) is 0 Å². The van der Waals surface area contributed by atoms with E-state index in [0.29, 0.717) is 18.8 Å². The number of urea groups is 1. The number of nitrogens with zero attached hydrogens (tertiary/aromatic N) is 1. The van der Waals surface area contributed by atoms with Gasteiger partial charge in [-0.25, -0.2) is 13.2 Å². The van der Waals surface area contributed by atoms with Crippen LogP contribution in [0.15, 0.2) is 23.1 Å². The topological polar surface area (TPSA) is 92.5 Å². The summed E-state index contributed by atoms with van der Waals surface area (Å²) in [6.07, 6.45) is 0. The van der Waals surface area contributed by atoms with Crippen molar-refractivity contribution in [3.8, 4) is 0 Å². The van der Waals surface area contributed by atoms with Crippen molar-refractivity contribution >= 4 is 33.2 Å². The van der Waals surface area contributed by atoms with Gasteiger partial charge in [0.1, 0.15) is 0 Å². The summed E-state index contributed by atoms with van der Waals surface area (Å²) < 4.78 is 24.2. The number of halogens is 1. The molecule has 2 rings (SSSR count). The van der Waals surface area contributed by atoms with Crippen molar-refractivity contribution in [2.75, 3.05) is 31.1 Å². The molecule has 1 aliphatic rings. The predicted molar refractivity (Wildman–Crippen MR) is 72.9 cm³/mol. The number of anilines is 1. The summed E-state index contributed by atoms with van der Waals surface area (Å²) in [5, 5.41) is 2.83. The summed E-state index contributed by atoms with van der Waals surface area (Å²) in [5.41, 5.74) is 5.87. The molecule has 8 heteroatoms.